The molecule has 5 fully saturated rings. The molecule has 0 radical (unpaired) electrons. The van der Waals surface area contributed by atoms with Gasteiger partial charge in [-0.05, 0) is 113 Å². The van der Waals surface area contributed by atoms with Gasteiger partial charge in [0.1, 0.15) is 46.9 Å². The maximum absolute atomic E-state index is 11.4. The Hall–Kier alpha value is -3.49. The summed E-state index contributed by atoms with van der Waals surface area (Å²) in [5.74, 6) is 11.4. The zero-order valence-electron chi connectivity index (χ0n) is 44.6. The van der Waals surface area contributed by atoms with E-state index in [1.165, 1.54) is 19.8 Å². The van der Waals surface area contributed by atoms with Crippen molar-refractivity contribution in [2.75, 3.05) is 6.61 Å². The molecular formula is C57H90O10S. The minimum Gasteiger partial charge on any atom is -0.463 e. The second-order valence-corrected chi connectivity index (χ2v) is 24.0. The first-order valence-corrected chi connectivity index (χ1v) is 26.3. The maximum Gasteiger partial charge on any atom is 0.313 e. The van der Waals surface area contributed by atoms with Gasteiger partial charge in [0.25, 0.3) is 0 Å². The fourth-order valence-corrected chi connectivity index (χ4v) is 10.3. The van der Waals surface area contributed by atoms with E-state index in [9.17, 15) is 38.4 Å². The molecule has 68 heavy (non-hydrogen) atoms. The van der Waals surface area contributed by atoms with Crippen LogP contribution in [-0.4, -0.2) is 75.8 Å². The first kappa shape index (κ1) is 62.5. The van der Waals surface area contributed by atoms with E-state index in [2.05, 4.69) is 80.4 Å². The van der Waals surface area contributed by atoms with Crippen LogP contribution in [0.25, 0.3) is 0 Å². The highest BCUT2D eigenvalue weighted by atomic mass is 32.2. The predicted octanol–water partition coefficient (Wildman–Crippen LogP) is 11.9. The van der Waals surface area contributed by atoms with Gasteiger partial charge in [-0.3, -0.25) is 38.4 Å². The van der Waals surface area contributed by atoms with Crippen LogP contribution in [0.4, 0.5) is 0 Å². The number of Topliss-reactive ketones (excluding diaryl/α,β-unsaturated/α-hetero) is 7. The molecule has 5 saturated carbocycles. The lowest BCUT2D eigenvalue weighted by Crippen LogP contribution is -2.25. The number of allylic oxidation sites excluding steroid dienone is 2. The average Bonchev–Trinajstić information content (AvgIpc) is 3.50. The Kier molecular flexibility index (Phi) is 28.5. The van der Waals surface area contributed by atoms with Crippen LogP contribution in [0.2, 0.25) is 0 Å². The van der Waals surface area contributed by atoms with Crippen molar-refractivity contribution < 1.29 is 47.8 Å². The molecular weight excluding hydrogens is 877 g/mol. The van der Waals surface area contributed by atoms with Crippen molar-refractivity contribution >= 4 is 58.2 Å². The summed E-state index contributed by atoms with van der Waals surface area (Å²) >= 11 is 1.76. The Morgan fingerprint density at radius 1 is 0.662 bits per heavy atom. The van der Waals surface area contributed by atoms with Crippen molar-refractivity contribution in [1.29, 1.82) is 0 Å². The molecule has 5 unspecified atom stereocenters. The van der Waals surface area contributed by atoms with E-state index in [1.807, 2.05) is 20.8 Å². The van der Waals surface area contributed by atoms with E-state index < -0.39 is 5.97 Å². The molecule has 384 valence electrons. The number of rotatable bonds is 10. The number of esters is 1. The molecule has 11 heteroatoms. The van der Waals surface area contributed by atoms with E-state index in [-0.39, 0.29) is 70.9 Å². The summed E-state index contributed by atoms with van der Waals surface area (Å²) in [6, 6.07) is 0. The lowest BCUT2D eigenvalue weighted by atomic mass is 9.79. The van der Waals surface area contributed by atoms with Gasteiger partial charge in [0.15, 0.2) is 0 Å². The summed E-state index contributed by atoms with van der Waals surface area (Å²) in [6.45, 7) is 36.4. The molecule has 0 spiro atoms. The molecule has 0 N–H and O–H groups in total. The second-order valence-electron chi connectivity index (χ2n) is 22.2. The maximum atomic E-state index is 11.4. The summed E-state index contributed by atoms with van der Waals surface area (Å²) in [4.78, 5) is 87.6. The smallest absolute Gasteiger partial charge is 0.313 e. The molecule has 0 heterocycles. The minimum atomic E-state index is -0.442. The Morgan fingerprint density at radius 3 is 1.56 bits per heavy atom. The molecule has 0 amide bonds. The quantitative estimate of drug-likeness (QED) is 0.0889. The molecule has 5 atom stereocenters. The Balaban J connectivity index is 0.000000410. The molecule has 0 saturated heterocycles. The van der Waals surface area contributed by atoms with Crippen LogP contribution in [0.1, 0.15) is 193 Å². The van der Waals surface area contributed by atoms with E-state index in [1.54, 1.807) is 25.6 Å². The standard InChI is InChI=1S/C13H20O.C10H16O.2C9H14O2.C9H14OS.C7H12O3/c1-10(2)14-9-13-11-7-5-3-4-6-8-12(11)13;1-7(2)9-5-4-8(3)6-10(9)11;1-9(2,3)7-4-6(10)5-8(7)11;1-6(2)7-3-8(10)5-9(11)4-7;1-6(2)11-9-5-7(3)4-8(9)10;1-5(2)10-7(9)4-6(3)8/h10-13H,5-9H2,1-2H3;7,9H,3-6H2,1-2H3;7H,4-5H2,1-3H3;6-7H,3-5H2,1-2H3;6,9H,3-5H2,1-2H3;5H,4H2,1-3H3. The monoisotopic (exact) mass is 967 g/mol. The van der Waals surface area contributed by atoms with Crippen LogP contribution in [0.15, 0.2) is 24.3 Å². The van der Waals surface area contributed by atoms with Crippen LogP contribution in [-0.2, 0) is 47.8 Å². The first-order chi connectivity index (χ1) is 31.5. The normalized spacial score (nSPS) is 24.7. The molecule has 0 bridgehead atoms. The van der Waals surface area contributed by atoms with Crippen LogP contribution in [0.5, 0.6) is 0 Å². The average molecular weight is 967 g/mol. The van der Waals surface area contributed by atoms with E-state index >= 15 is 0 Å². The van der Waals surface area contributed by atoms with Gasteiger partial charge in [-0.2, -0.15) is 0 Å². The third-order valence-electron chi connectivity index (χ3n) is 12.9. The van der Waals surface area contributed by atoms with Gasteiger partial charge in [-0.1, -0.05) is 86.6 Å². The van der Waals surface area contributed by atoms with Gasteiger partial charge >= 0.3 is 5.97 Å². The number of hydrogen-bond donors (Lipinski definition) is 0. The van der Waals surface area contributed by atoms with Gasteiger partial charge in [-0.25, -0.2) is 0 Å². The van der Waals surface area contributed by atoms with Crippen LogP contribution in [0.3, 0.4) is 0 Å². The number of carbonyl (C=O) groups excluding carboxylic acids is 8. The second kappa shape index (κ2) is 31.0. The fraction of sp³-hybridized carbons (Fsp3) is 0.754. The van der Waals surface area contributed by atoms with Crippen molar-refractivity contribution in [1.82, 2.24) is 0 Å². The van der Waals surface area contributed by atoms with Gasteiger partial charge in [0, 0.05) is 56.8 Å². The number of hydrogen-bond acceptors (Lipinski definition) is 11. The van der Waals surface area contributed by atoms with Crippen LogP contribution in [0, 0.1) is 64.6 Å². The summed E-state index contributed by atoms with van der Waals surface area (Å²) in [7, 11) is 0. The van der Waals surface area contributed by atoms with Crippen molar-refractivity contribution in [2.45, 2.75) is 216 Å². The summed E-state index contributed by atoms with van der Waals surface area (Å²) in [5.41, 5.74) is 2.18. The Morgan fingerprint density at radius 2 is 1.19 bits per heavy atom. The number of ether oxygens (including phenoxy) is 2. The third-order valence-corrected chi connectivity index (χ3v) is 14.2. The first-order valence-electron chi connectivity index (χ1n) is 25.4. The van der Waals surface area contributed by atoms with E-state index in [0.717, 1.165) is 67.6 Å². The molecule has 10 nitrogen and oxygen atoms in total. The highest BCUT2D eigenvalue weighted by Gasteiger charge is 2.48. The molecule has 6 aliphatic rings. The highest BCUT2D eigenvalue weighted by molar-refractivity contribution is 8.01. The van der Waals surface area contributed by atoms with E-state index in [4.69, 9.17) is 9.47 Å². The number of carbonyl (C=O) groups is 8. The van der Waals surface area contributed by atoms with E-state index in [0.29, 0.717) is 78.7 Å². The lowest BCUT2D eigenvalue weighted by molar-refractivity contribution is -0.149. The molecule has 6 rings (SSSR count). The number of thioether (sulfide) groups is 1. The topological polar surface area (TPSA) is 155 Å². The SMILES string of the molecule is C=C1CC(=O)C(SC(C)C)C1.C=C1CCC(C(C)C)C(=O)C1.CC(=O)CC(=O)OC(C)C.CC(C)(C)C1CC(=O)CC1=O.CC(C)C1CC(=O)CC(=O)C1.CC(C)OCC1C2CCC#CCCC21. The van der Waals surface area contributed by atoms with Crippen LogP contribution >= 0.6 is 11.8 Å². The van der Waals surface area contributed by atoms with Crippen molar-refractivity contribution in [3.05, 3.63) is 24.3 Å². The zero-order valence-corrected chi connectivity index (χ0v) is 45.5. The number of fused-ring (bicyclic) bond motifs is 1. The molecule has 0 aliphatic heterocycles. The molecule has 0 aromatic rings. The zero-order chi connectivity index (χ0) is 52.1. The molecule has 0 aromatic carbocycles. The third kappa shape index (κ3) is 25.9. The van der Waals surface area contributed by atoms with Gasteiger partial charge < -0.3 is 9.47 Å². The minimum absolute atomic E-state index is 0.0324. The van der Waals surface area contributed by atoms with Gasteiger partial charge in [0.05, 0.1) is 36.9 Å². The molecule has 6 aliphatic carbocycles. The van der Waals surface area contributed by atoms with Gasteiger partial charge in [0.2, 0.25) is 0 Å². The fourth-order valence-electron chi connectivity index (χ4n) is 9.06. The summed E-state index contributed by atoms with van der Waals surface area (Å²) in [5, 5.41) is 0.761. The summed E-state index contributed by atoms with van der Waals surface area (Å²) in [6.07, 6.45) is 11.2. The lowest BCUT2D eigenvalue weighted by Gasteiger charge is -2.24. The van der Waals surface area contributed by atoms with Crippen molar-refractivity contribution in [3.8, 4) is 11.8 Å². The number of ketones is 7. The van der Waals surface area contributed by atoms with Gasteiger partial charge in [-0.15, -0.1) is 23.6 Å². The Bertz CT molecular complexity index is 1760. The summed E-state index contributed by atoms with van der Waals surface area (Å²) < 4.78 is 10.4. The van der Waals surface area contributed by atoms with Crippen LogP contribution < -0.4 is 0 Å². The molecule has 0 aromatic heterocycles. The van der Waals surface area contributed by atoms with Crippen molar-refractivity contribution in [2.24, 2.45) is 52.8 Å². The van der Waals surface area contributed by atoms with Crippen molar-refractivity contribution in [3.63, 3.8) is 0 Å². The predicted molar refractivity (Wildman–Crippen MR) is 275 cm³/mol. The highest BCUT2D eigenvalue weighted by Crippen LogP contribution is 2.52. The Labute approximate surface area is 415 Å². The largest absolute Gasteiger partial charge is 0.463 e.